The molecule has 0 unspecified atom stereocenters. The quantitative estimate of drug-likeness (QED) is 0.373. The number of benzene rings is 2. The molecule has 0 N–H and O–H groups in total. The van der Waals surface area contributed by atoms with Gasteiger partial charge in [-0.05, 0) is 25.3 Å². The molecule has 2 aromatic rings. The summed E-state index contributed by atoms with van der Waals surface area (Å²) in [5.41, 5.74) is 0.797. The molecule has 4 heteroatoms. The molecule has 0 aliphatic rings. The van der Waals surface area contributed by atoms with E-state index in [0.29, 0.717) is 16.9 Å². The zero-order valence-corrected chi connectivity index (χ0v) is 13.3. The van der Waals surface area contributed by atoms with Gasteiger partial charge in [-0.2, -0.15) is 0 Å². The minimum atomic E-state index is -0.463. The monoisotopic (exact) mass is 310 g/mol. The van der Waals surface area contributed by atoms with E-state index in [4.69, 9.17) is 4.74 Å². The van der Waals surface area contributed by atoms with Gasteiger partial charge in [-0.3, -0.25) is 0 Å². The average molecular weight is 310 g/mol. The maximum absolute atomic E-state index is 12.2. The molecule has 0 fully saturated rings. The van der Waals surface area contributed by atoms with Gasteiger partial charge < -0.3 is 9.47 Å². The SMILES string of the molecule is COC(=O)/C(C)=C/C=C(\C)C(=O)Oc1cccc2ccccc12. The Hall–Kier alpha value is -2.88. The predicted molar refractivity (Wildman–Crippen MR) is 89.1 cm³/mol. The normalized spacial score (nSPS) is 12.1. The summed E-state index contributed by atoms with van der Waals surface area (Å²) in [6, 6.07) is 13.2. The molecule has 4 nitrogen and oxygen atoms in total. The fraction of sp³-hybridized carbons (Fsp3) is 0.158. The Bertz CT molecular complexity index is 795. The van der Waals surface area contributed by atoms with Crippen LogP contribution in [0.15, 0.2) is 65.8 Å². The molecular weight excluding hydrogens is 292 g/mol. The first-order chi connectivity index (χ1) is 11.0. The lowest BCUT2D eigenvalue weighted by molar-refractivity contribution is -0.136. The molecule has 0 aliphatic carbocycles. The van der Waals surface area contributed by atoms with Crippen LogP contribution >= 0.6 is 0 Å². The van der Waals surface area contributed by atoms with Crippen LogP contribution in [0.4, 0.5) is 0 Å². The highest BCUT2D eigenvalue weighted by molar-refractivity contribution is 5.95. The summed E-state index contributed by atoms with van der Waals surface area (Å²) in [5.74, 6) is -0.388. The lowest BCUT2D eigenvalue weighted by Crippen LogP contribution is -2.09. The largest absolute Gasteiger partial charge is 0.466 e. The molecule has 2 rings (SSSR count). The summed E-state index contributed by atoms with van der Waals surface area (Å²) in [4.78, 5) is 23.5. The van der Waals surface area contributed by atoms with Crippen LogP contribution in [0.2, 0.25) is 0 Å². The third kappa shape index (κ3) is 4.07. The van der Waals surface area contributed by atoms with Crippen LogP contribution in [0, 0.1) is 0 Å². The van der Waals surface area contributed by atoms with Gasteiger partial charge in [-0.1, -0.05) is 48.6 Å². The Morgan fingerprint density at radius 1 is 0.870 bits per heavy atom. The molecule has 0 saturated carbocycles. The summed E-state index contributed by atoms with van der Waals surface area (Å²) in [6.07, 6.45) is 3.07. The average Bonchev–Trinajstić information content (AvgIpc) is 2.58. The van der Waals surface area contributed by atoms with Crippen molar-refractivity contribution in [3.8, 4) is 5.75 Å². The van der Waals surface area contributed by atoms with Crippen molar-refractivity contribution >= 4 is 22.7 Å². The first-order valence-corrected chi connectivity index (χ1v) is 7.16. The summed E-state index contributed by atoms with van der Waals surface area (Å²) in [5, 5.41) is 1.87. The fourth-order valence-corrected chi connectivity index (χ4v) is 2.01. The van der Waals surface area contributed by atoms with E-state index in [0.717, 1.165) is 10.8 Å². The maximum Gasteiger partial charge on any atom is 0.339 e. The number of allylic oxidation sites excluding steroid dienone is 2. The van der Waals surface area contributed by atoms with Crippen molar-refractivity contribution in [2.24, 2.45) is 0 Å². The second-order valence-corrected chi connectivity index (χ2v) is 5.06. The Balaban J connectivity index is 2.19. The van der Waals surface area contributed by atoms with Gasteiger partial charge in [0.05, 0.1) is 7.11 Å². The molecule has 23 heavy (non-hydrogen) atoms. The van der Waals surface area contributed by atoms with Crippen molar-refractivity contribution in [1.82, 2.24) is 0 Å². The van der Waals surface area contributed by atoms with Gasteiger partial charge in [0.1, 0.15) is 5.75 Å². The minimum absolute atomic E-state index is 0.390. The van der Waals surface area contributed by atoms with Gasteiger partial charge in [0, 0.05) is 16.5 Å². The van der Waals surface area contributed by atoms with Crippen LogP contribution in [-0.2, 0) is 14.3 Å². The standard InChI is InChI=1S/C19H18O4/c1-13(18(20)22-3)11-12-14(2)19(21)23-17-10-6-8-15-7-4-5-9-16(15)17/h4-12H,1-3H3/b13-11+,14-12+. The number of ether oxygens (including phenoxy) is 2. The molecule has 0 radical (unpaired) electrons. The smallest absolute Gasteiger partial charge is 0.339 e. The summed E-state index contributed by atoms with van der Waals surface area (Å²) in [6.45, 7) is 3.25. The molecule has 0 spiro atoms. The highest BCUT2D eigenvalue weighted by atomic mass is 16.5. The van der Waals surface area contributed by atoms with E-state index in [1.54, 1.807) is 26.0 Å². The Kier molecular flexibility index (Phi) is 5.31. The van der Waals surface area contributed by atoms with Crippen LogP contribution in [0.5, 0.6) is 5.75 Å². The minimum Gasteiger partial charge on any atom is -0.466 e. The van der Waals surface area contributed by atoms with Crippen molar-refractivity contribution in [2.75, 3.05) is 7.11 Å². The van der Waals surface area contributed by atoms with Crippen molar-refractivity contribution in [2.45, 2.75) is 13.8 Å². The molecule has 0 amide bonds. The number of esters is 2. The van der Waals surface area contributed by atoms with Gasteiger partial charge >= 0.3 is 11.9 Å². The Morgan fingerprint density at radius 2 is 1.48 bits per heavy atom. The molecule has 2 aromatic carbocycles. The maximum atomic E-state index is 12.2. The van der Waals surface area contributed by atoms with Crippen LogP contribution in [-0.4, -0.2) is 19.0 Å². The Morgan fingerprint density at radius 3 is 2.17 bits per heavy atom. The summed E-state index contributed by atoms with van der Waals surface area (Å²) >= 11 is 0. The molecule has 0 atom stereocenters. The molecule has 0 aromatic heterocycles. The number of hydrogen-bond donors (Lipinski definition) is 0. The number of methoxy groups -OCH3 is 1. The topological polar surface area (TPSA) is 52.6 Å². The molecule has 0 bridgehead atoms. The van der Waals surface area contributed by atoms with Crippen LogP contribution in [0.3, 0.4) is 0 Å². The van der Waals surface area contributed by atoms with E-state index in [1.807, 2.05) is 36.4 Å². The van der Waals surface area contributed by atoms with Gasteiger partial charge in [0.15, 0.2) is 0 Å². The first-order valence-electron chi connectivity index (χ1n) is 7.16. The lowest BCUT2D eigenvalue weighted by Gasteiger charge is -2.07. The zero-order valence-electron chi connectivity index (χ0n) is 13.3. The molecule has 0 heterocycles. The predicted octanol–water partition coefficient (Wildman–Crippen LogP) is 3.81. The van der Waals surface area contributed by atoms with Gasteiger partial charge in [0.25, 0.3) is 0 Å². The third-order valence-electron chi connectivity index (χ3n) is 3.36. The number of hydrogen-bond acceptors (Lipinski definition) is 4. The summed E-state index contributed by atoms with van der Waals surface area (Å²) < 4.78 is 10.1. The van der Waals surface area contributed by atoms with Crippen molar-refractivity contribution in [3.63, 3.8) is 0 Å². The van der Waals surface area contributed by atoms with Crippen molar-refractivity contribution in [3.05, 3.63) is 65.8 Å². The van der Waals surface area contributed by atoms with Crippen LogP contribution in [0.1, 0.15) is 13.8 Å². The van der Waals surface area contributed by atoms with Gasteiger partial charge in [-0.25, -0.2) is 9.59 Å². The van der Waals surface area contributed by atoms with Gasteiger partial charge in [0.2, 0.25) is 0 Å². The first kappa shape index (κ1) is 16.5. The van der Waals surface area contributed by atoms with Crippen LogP contribution < -0.4 is 4.74 Å². The number of carbonyl (C=O) groups excluding carboxylic acids is 2. The van der Waals surface area contributed by atoms with E-state index in [-0.39, 0.29) is 0 Å². The van der Waals surface area contributed by atoms with E-state index >= 15 is 0 Å². The lowest BCUT2D eigenvalue weighted by atomic mass is 10.1. The highest BCUT2D eigenvalue weighted by Gasteiger charge is 2.10. The highest BCUT2D eigenvalue weighted by Crippen LogP contribution is 2.25. The second kappa shape index (κ2) is 7.40. The molecular formula is C19H18O4. The van der Waals surface area contributed by atoms with E-state index in [1.165, 1.54) is 13.2 Å². The molecule has 0 saturated heterocycles. The van der Waals surface area contributed by atoms with Gasteiger partial charge in [-0.15, -0.1) is 0 Å². The van der Waals surface area contributed by atoms with Crippen molar-refractivity contribution < 1.29 is 19.1 Å². The molecule has 118 valence electrons. The van der Waals surface area contributed by atoms with E-state index in [9.17, 15) is 9.59 Å². The summed E-state index contributed by atoms with van der Waals surface area (Å²) in [7, 11) is 1.31. The number of rotatable bonds is 4. The van der Waals surface area contributed by atoms with E-state index < -0.39 is 11.9 Å². The molecule has 0 aliphatic heterocycles. The van der Waals surface area contributed by atoms with Crippen LogP contribution in [0.25, 0.3) is 10.8 Å². The zero-order chi connectivity index (χ0) is 16.8. The number of carbonyl (C=O) groups is 2. The fourth-order valence-electron chi connectivity index (χ4n) is 2.01. The van der Waals surface area contributed by atoms with Crippen molar-refractivity contribution in [1.29, 1.82) is 0 Å². The Labute approximate surface area is 135 Å². The third-order valence-corrected chi connectivity index (χ3v) is 3.36. The second-order valence-electron chi connectivity index (χ2n) is 5.06. The number of fused-ring (bicyclic) bond motifs is 1. The van der Waals surface area contributed by atoms with E-state index in [2.05, 4.69) is 4.74 Å².